The smallest absolute Gasteiger partial charge is 0.334 e. The first-order chi connectivity index (χ1) is 11.8. The first-order valence-corrected chi connectivity index (χ1v) is 10.1. The fourth-order valence-corrected chi connectivity index (χ4v) is 3.90. The molecule has 0 atom stereocenters. The predicted octanol–water partition coefficient (Wildman–Crippen LogP) is 4.15. The number of carbonyl (C=O) groups excluding carboxylic acids is 1. The van der Waals surface area contributed by atoms with Crippen molar-refractivity contribution in [3.63, 3.8) is 0 Å². The number of benzene rings is 2. The second-order valence-electron chi connectivity index (χ2n) is 5.69. The third kappa shape index (κ3) is 3.89. The SMILES string of the molecule is CS(=O)(=O)c1ccc(C(=C2CCOC2=O)c2cc(Cl)cc(Cl)c2)cc1. The van der Waals surface area contributed by atoms with E-state index in [1.165, 1.54) is 12.1 Å². The minimum absolute atomic E-state index is 0.207. The highest BCUT2D eigenvalue weighted by atomic mass is 35.5. The number of hydrogen-bond acceptors (Lipinski definition) is 4. The van der Waals surface area contributed by atoms with Crippen molar-refractivity contribution in [2.45, 2.75) is 11.3 Å². The Kier molecular flexibility index (Phi) is 4.91. The number of sulfone groups is 1. The summed E-state index contributed by atoms with van der Waals surface area (Å²) in [5.41, 5.74) is 2.54. The summed E-state index contributed by atoms with van der Waals surface area (Å²) >= 11 is 12.2. The molecule has 4 nitrogen and oxygen atoms in total. The number of hydrogen-bond donors (Lipinski definition) is 0. The molecule has 3 rings (SSSR count). The third-order valence-corrected chi connectivity index (χ3v) is 5.42. The highest BCUT2D eigenvalue weighted by molar-refractivity contribution is 7.90. The van der Waals surface area contributed by atoms with Gasteiger partial charge < -0.3 is 4.74 Å². The molecule has 1 saturated heterocycles. The van der Waals surface area contributed by atoms with Crippen molar-refractivity contribution < 1.29 is 17.9 Å². The van der Waals surface area contributed by atoms with Crippen molar-refractivity contribution >= 4 is 44.6 Å². The van der Waals surface area contributed by atoms with Gasteiger partial charge >= 0.3 is 5.97 Å². The highest BCUT2D eigenvalue weighted by Gasteiger charge is 2.25. The third-order valence-electron chi connectivity index (χ3n) is 3.86. The molecular formula is C18H14Cl2O4S. The Morgan fingerprint density at radius 1 is 1.00 bits per heavy atom. The molecule has 7 heteroatoms. The van der Waals surface area contributed by atoms with Crippen LogP contribution in [0, 0.1) is 0 Å². The van der Waals surface area contributed by atoms with E-state index in [1.54, 1.807) is 30.3 Å². The molecule has 1 fully saturated rings. The molecule has 0 saturated carbocycles. The summed E-state index contributed by atoms with van der Waals surface area (Å²) in [6.07, 6.45) is 1.61. The lowest BCUT2D eigenvalue weighted by atomic mass is 9.92. The Labute approximate surface area is 155 Å². The van der Waals surface area contributed by atoms with Crippen LogP contribution in [0.5, 0.6) is 0 Å². The fraction of sp³-hybridized carbons (Fsp3) is 0.167. The van der Waals surface area contributed by atoms with Crippen molar-refractivity contribution in [2.24, 2.45) is 0 Å². The number of halogens is 2. The van der Waals surface area contributed by atoms with Crippen molar-refractivity contribution in [2.75, 3.05) is 12.9 Å². The molecule has 1 aliphatic heterocycles. The van der Waals surface area contributed by atoms with Gasteiger partial charge in [-0.15, -0.1) is 0 Å². The lowest BCUT2D eigenvalue weighted by Crippen LogP contribution is -2.02. The van der Waals surface area contributed by atoms with Gasteiger partial charge in [0.25, 0.3) is 0 Å². The molecule has 0 radical (unpaired) electrons. The average Bonchev–Trinajstić information content (AvgIpc) is 2.92. The maximum absolute atomic E-state index is 12.1. The van der Waals surface area contributed by atoms with Crippen molar-refractivity contribution in [1.29, 1.82) is 0 Å². The monoisotopic (exact) mass is 396 g/mol. The first kappa shape index (κ1) is 18.0. The molecule has 0 aliphatic carbocycles. The van der Waals surface area contributed by atoms with Gasteiger partial charge in [-0.2, -0.15) is 0 Å². The molecule has 0 amide bonds. The van der Waals surface area contributed by atoms with Gasteiger partial charge in [0.05, 0.1) is 11.5 Å². The summed E-state index contributed by atoms with van der Waals surface area (Å²) in [6.45, 7) is 0.313. The van der Waals surface area contributed by atoms with Crippen molar-refractivity contribution in [1.82, 2.24) is 0 Å². The Balaban J connectivity index is 2.21. The van der Waals surface area contributed by atoms with Crippen LogP contribution in [0.3, 0.4) is 0 Å². The number of cyclic esters (lactones) is 1. The zero-order valence-electron chi connectivity index (χ0n) is 13.3. The standard InChI is InChI=1S/C18H14Cl2O4S/c1-25(22,23)15-4-2-11(3-5-15)17(16-6-7-24-18(16)21)12-8-13(19)10-14(20)9-12/h2-5,8-10H,6-7H2,1H3. The lowest BCUT2D eigenvalue weighted by molar-refractivity contribution is -0.135. The van der Waals surface area contributed by atoms with Crippen LogP contribution in [0.15, 0.2) is 52.9 Å². The van der Waals surface area contributed by atoms with E-state index >= 15 is 0 Å². The van der Waals surface area contributed by atoms with E-state index in [-0.39, 0.29) is 4.90 Å². The normalized spacial score (nSPS) is 16.7. The van der Waals surface area contributed by atoms with Crippen LogP contribution in [0.2, 0.25) is 10.0 Å². The van der Waals surface area contributed by atoms with Crippen LogP contribution in [-0.4, -0.2) is 27.2 Å². The molecule has 130 valence electrons. The average molecular weight is 397 g/mol. The summed E-state index contributed by atoms with van der Waals surface area (Å²) in [5.74, 6) is -0.390. The molecule has 1 heterocycles. The van der Waals surface area contributed by atoms with Gasteiger partial charge in [-0.05, 0) is 47.0 Å². The number of ether oxygens (including phenoxy) is 1. The summed E-state index contributed by atoms with van der Waals surface area (Å²) in [5, 5.41) is 0.888. The van der Waals surface area contributed by atoms with Gasteiger partial charge in [-0.3, -0.25) is 0 Å². The predicted molar refractivity (Wildman–Crippen MR) is 97.6 cm³/mol. The van der Waals surface area contributed by atoms with E-state index in [1.807, 2.05) is 0 Å². The largest absolute Gasteiger partial charge is 0.462 e. The van der Waals surface area contributed by atoms with E-state index in [0.717, 1.165) is 6.26 Å². The van der Waals surface area contributed by atoms with E-state index in [0.29, 0.717) is 45.3 Å². The number of rotatable bonds is 3. The molecule has 0 spiro atoms. The quantitative estimate of drug-likeness (QED) is 0.577. The zero-order chi connectivity index (χ0) is 18.2. The van der Waals surface area contributed by atoms with E-state index in [9.17, 15) is 13.2 Å². The van der Waals surface area contributed by atoms with Crippen LogP contribution in [0.25, 0.3) is 5.57 Å². The van der Waals surface area contributed by atoms with E-state index in [4.69, 9.17) is 27.9 Å². The van der Waals surface area contributed by atoms with Gasteiger partial charge in [-0.1, -0.05) is 35.3 Å². The summed E-state index contributed by atoms with van der Waals surface area (Å²) in [4.78, 5) is 12.3. The van der Waals surface area contributed by atoms with E-state index in [2.05, 4.69) is 0 Å². The summed E-state index contributed by atoms with van der Waals surface area (Å²) in [6, 6.07) is 11.4. The van der Waals surface area contributed by atoms with Gasteiger partial charge in [0.15, 0.2) is 9.84 Å². The van der Waals surface area contributed by atoms with Crippen LogP contribution in [0.4, 0.5) is 0 Å². The van der Waals surface area contributed by atoms with Gasteiger partial charge in [0.1, 0.15) is 0 Å². The summed E-state index contributed by atoms with van der Waals surface area (Å²) < 4.78 is 28.4. The minimum atomic E-state index is -3.30. The van der Waals surface area contributed by atoms with E-state index < -0.39 is 15.8 Å². The molecule has 1 aliphatic rings. The Hall–Kier alpha value is -1.82. The zero-order valence-corrected chi connectivity index (χ0v) is 15.6. The molecule has 0 bridgehead atoms. The maximum atomic E-state index is 12.1. The lowest BCUT2D eigenvalue weighted by Gasteiger charge is -2.12. The fourth-order valence-electron chi connectivity index (χ4n) is 2.74. The first-order valence-electron chi connectivity index (χ1n) is 7.43. The van der Waals surface area contributed by atoms with Gasteiger partial charge in [0.2, 0.25) is 0 Å². The molecule has 25 heavy (non-hydrogen) atoms. The van der Waals surface area contributed by atoms with Crippen LogP contribution < -0.4 is 0 Å². The highest BCUT2D eigenvalue weighted by Crippen LogP contribution is 2.34. The van der Waals surface area contributed by atoms with Gasteiger partial charge in [-0.25, -0.2) is 13.2 Å². The Morgan fingerprint density at radius 2 is 1.60 bits per heavy atom. The molecule has 0 unspecified atom stereocenters. The molecule has 0 aromatic heterocycles. The number of esters is 1. The van der Waals surface area contributed by atoms with Crippen LogP contribution in [-0.2, 0) is 19.4 Å². The summed E-state index contributed by atoms with van der Waals surface area (Å²) in [7, 11) is -3.30. The Morgan fingerprint density at radius 3 is 2.08 bits per heavy atom. The topological polar surface area (TPSA) is 60.4 Å². The minimum Gasteiger partial charge on any atom is -0.462 e. The van der Waals surface area contributed by atoms with Crippen LogP contribution in [0.1, 0.15) is 17.5 Å². The van der Waals surface area contributed by atoms with Crippen molar-refractivity contribution in [3.8, 4) is 0 Å². The molecular weight excluding hydrogens is 383 g/mol. The second kappa shape index (κ2) is 6.83. The molecule has 2 aromatic rings. The van der Waals surface area contributed by atoms with Crippen molar-refractivity contribution in [3.05, 3.63) is 69.2 Å². The maximum Gasteiger partial charge on any atom is 0.334 e. The number of carbonyl (C=O) groups is 1. The molecule has 0 N–H and O–H groups in total. The Bertz CT molecular complexity index is 956. The van der Waals surface area contributed by atoms with Crippen LogP contribution >= 0.6 is 23.2 Å². The van der Waals surface area contributed by atoms with Gasteiger partial charge in [0, 0.05) is 28.3 Å². The molecule has 2 aromatic carbocycles. The second-order valence-corrected chi connectivity index (χ2v) is 8.58.